The van der Waals surface area contributed by atoms with Crippen LogP contribution in [0.3, 0.4) is 0 Å². The molecular weight excluding hydrogens is 418 g/mol. The summed E-state index contributed by atoms with van der Waals surface area (Å²) in [7, 11) is 1.73. The molecule has 9 heteroatoms. The van der Waals surface area contributed by atoms with Gasteiger partial charge in [-0.05, 0) is 30.2 Å². The summed E-state index contributed by atoms with van der Waals surface area (Å²) in [6.07, 6.45) is 1.59. The van der Waals surface area contributed by atoms with E-state index in [1.54, 1.807) is 13.3 Å². The Bertz CT molecular complexity index is 948. The Labute approximate surface area is 195 Å². The highest BCUT2D eigenvalue weighted by molar-refractivity contribution is 5.94. The number of carbonyl (C=O) groups is 1. The van der Waals surface area contributed by atoms with E-state index in [-0.39, 0.29) is 18.3 Å². The molecule has 176 valence electrons. The van der Waals surface area contributed by atoms with Gasteiger partial charge in [0.15, 0.2) is 0 Å². The van der Waals surface area contributed by atoms with Crippen LogP contribution in [-0.2, 0) is 11.3 Å². The number of amides is 1. The zero-order valence-electron chi connectivity index (χ0n) is 19.7. The molecule has 2 aromatic rings. The average Bonchev–Trinajstić information content (AvgIpc) is 2.85. The van der Waals surface area contributed by atoms with Crippen LogP contribution in [0.15, 0.2) is 30.5 Å². The molecule has 1 saturated heterocycles. The Balaban J connectivity index is 1.56. The normalized spacial score (nSPS) is 14.2. The van der Waals surface area contributed by atoms with Crippen molar-refractivity contribution in [3.05, 3.63) is 47.4 Å². The zero-order chi connectivity index (χ0) is 23.6. The molecule has 0 unspecified atom stereocenters. The fraction of sp³-hybridized carbons (Fsp3) is 0.500. The van der Waals surface area contributed by atoms with Gasteiger partial charge in [-0.15, -0.1) is 0 Å². The number of methoxy groups -OCH3 is 1. The molecule has 2 N–H and O–H groups in total. The number of ether oxygens (including phenoxy) is 1. The first-order valence-electron chi connectivity index (χ1n) is 11.3. The molecule has 0 spiro atoms. The Hall–Kier alpha value is -3.22. The van der Waals surface area contributed by atoms with Crippen LogP contribution in [0.1, 0.15) is 35.6 Å². The predicted molar refractivity (Wildman–Crippen MR) is 128 cm³/mol. The quantitative estimate of drug-likeness (QED) is 0.566. The second kappa shape index (κ2) is 12.1. The number of anilines is 2. The fourth-order valence-corrected chi connectivity index (χ4v) is 3.60. The smallest absolute Gasteiger partial charge is 0.251 e. The number of aromatic nitrogens is 2. The van der Waals surface area contributed by atoms with Gasteiger partial charge in [0.05, 0.1) is 6.61 Å². The third kappa shape index (κ3) is 7.14. The van der Waals surface area contributed by atoms with E-state index in [2.05, 4.69) is 44.2 Å². The van der Waals surface area contributed by atoms with E-state index in [0.717, 1.165) is 50.6 Å². The number of rotatable bonds is 10. The summed E-state index contributed by atoms with van der Waals surface area (Å²) >= 11 is 0. The van der Waals surface area contributed by atoms with E-state index in [1.807, 2.05) is 30.3 Å². The van der Waals surface area contributed by atoms with Crippen molar-refractivity contribution in [3.8, 4) is 6.07 Å². The summed E-state index contributed by atoms with van der Waals surface area (Å²) in [6, 6.07) is 9.67. The van der Waals surface area contributed by atoms with Crippen molar-refractivity contribution in [2.75, 3.05) is 63.2 Å². The Morgan fingerprint density at radius 2 is 1.94 bits per heavy atom. The summed E-state index contributed by atoms with van der Waals surface area (Å²) in [4.78, 5) is 25.7. The third-order valence-corrected chi connectivity index (χ3v) is 5.56. The highest BCUT2D eigenvalue weighted by Gasteiger charge is 2.17. The lowest BCUT2D eigenvalue weighted by Gasteiger charge is -2.36. The van der Waals surface area contributed by atoms with Gasteiger partial charge in [-0.25, -0.2) is 9.97 Å². The Morgan fingerprint density at radius 1 is 1.21 bits per heavy atom. The standard InChI is InChI=1S/C24H33N7O2/c1-18(2)15-27-23-20(16-26-22(14-25)29-23)17-28-24(32)19-4-6-21(7-5-19)31-10-8-30(9-11-31)12-13-33-3/h4-7,16,18H,8-13,15,17H2,1-3H3,(H,28,32)(H,26,27,29). The van der Waals surface area contributed by atoms with Crippen LogP contribution in [0.5, 0.6) is 0 Å². The van der Waals surface area contributed by atoms with E-state index in [1.165, 1.54) is 0 Å². The molecule has 0 saturated carbocycles. The van der Waals surface area contributed by atoms with Crippen molar-refractivity contribution in [2.45, 2.75) is 20.4 Å². The molecule has 9 nitrogen and oxygen atoms in total. The maximum Gasteiger partial charge on any atom is 0.251 e. The van der Waals surface area contributed by atoms with Gasteiger partial charge in [-0.3, -0.25) is 9.69 Å². The summed E-state index contributed by atoms with van der Waals surface area (Å²) in [5, 5.41) is 15.2. The van der Waals surface area contributed by atoms with Gasteiger partial charge in [0, 0.05) is 75.9 Å². The van der Waals surface area contributed by atoms with Crippen molar-refractivity contribution in [3.63, 3.8) is 0 Å². The first kappa shape index (κ1) is 24.4. The molecule has 1 aliphatic rings. The molecular formula is C24H33N7O2. The molecule has 0 radical (unpaired) electrons. The molecule has 0 bridgehead atoms. The van der Waals surface area contributed by atoms with Gasteiger partial charge in [0.2, 0.25) is 5.82 Å². The largest absolute Gasteiger partial charge is 0.383 e. The minimum atomic E-state index is -0.162. The van der Waals surface area contributed by atoms with Gasteiger partial charge in [-0.1, -0.05) is 13.8 Å². The van der Waals surface area contributed by atoms with Crippen LogP contribution < -0.4 is 15.5 Å². The minimum Gasteiger partial charge on any atom is -0.383 e. The van der Waals surface area contributed by atoms with E-state index < -0.39 is 0 Å². The number of carbonyl (C=O) groups excluding carboxylic acids is 1. The van der Waals surface area contributed by atoms with Crippen LogP contribution in [0, 0.1) is 17.2 Å². The molecule has 1 fully saturated rings. The third-order valence-electron chi connectivity index (χ3n) is 5.56. The molecule has 0 atom stereocenters. The fourth-order valence-electron chi connectivity index (χ4n) is 3.60. The second-order valence-corrected chi connectivity index (χ2v) is 8.51. The van der Waals surface area contributed by atoms with Gasteiger partial charge in [-0.2, -0.15) is 5.26 Å². The predicted octanol–water partition coefficient (Wildman–Crippen LogP) is 2.11. The monoisotopic (exact) mass is 451 g/mol. The maximum atomic E-state index is 12.7. The van der Waals surface area contributed by atoms with Gasteiger partial charge in [0.1, 0.15) is 11.9 Å². The van der Waals surface area contributed by atoms with Crippen molar-refractivity contribution in [2.24, 2.45) is 5.92 Å². The van der Waals surface area contributed by atoms with Crippen LogP contribution in [0.4, 0.5) is 11.5 Å². The van der Waals surface area contributed by atoms with E-state index in [4.69, 9.17) is 10.00 Å². The first-order valence-corrected chi connectivity index (χ1v) is 11.3. The lowest BCUT2D eigenvalue weighted by molar-refractivity contribution is 0.0951. The second-order valence-electron chi connectivity index (χ2n) is 8.51. The van der Waals surface area contributed by atoms with Crippen LogP contribution in [-0.4, -0.2) is 73.8 Å². The zero-order valence-corrected chi connectivity index (χ0v) is 19.7. The highest BCUT2D eigenvalue weighted by Crippen LogP contribution is 2.18. The van der Waals surface area contributed by atoms with Gasteiger partial charge in [0.25, 0.3) is 5.91 Å². The summed E-state index contributed by atoms with van der Waals surface area (Å²) in [5.41, 5.74) is 2.47. The van der Waals surface area contributed by atoms with Crippen molar-refractivity contribution in [1.29, 1.82) is 5.26 Å². The maximum absolute atomic E-state index is 12.7. The van der Waals surface area contributed by atoms with Crippen LogP contribution in [0.2, 0.25) is 0 Å². The molecule has 2 heterocycles. The molecule has 3 rings (SSSR count). The topological polar surface area (TPSA) is 106 Å². The lowest BCUT2D eigenvalue weighted by atomic mass is 10.1. The first-order chi connectivity index (χ1) is 16.0. The molecule has 0 aliphatic carbocycles. The van der Waals surface area contributed by atoms with Crippen molar-refractivity contribution in [1.82, 2.24) is 20.2 Å². The number of piperazine rings is 1. The summed E-state index contributed by atoms with van der Waals surface area (Å²) in [5.74, 6) is 0.937. The van der Waals surface area contributed by atoms with Crippen molar-refractivity contribution < 1.29 is 9.53 Å². The molecule has 1 amide bonds. The van der Waals surface area contributed by atoms with E-state index >= 15 is 0 Å². The average molecular weight is 452 g/mol. The molecule has 1 aliphatic heterocycles. The van der Waals surface area contributed by atoms with Crippen LogP contribution in [0.25, 0.3) is 0 Å². The summed E-state index contributed by atoms with van der Waals surface area (Å²) in [6.45, 7) is 10.8. The minimum absolute atomic E-state index is 0.103. The SMILES string of the molecule is COCCN1CCN(c2ccc(C(=O)NCc3cnc(C#N)nc3NCC(C)C)cc2)CC1. The number of nitrogens with zero attached hydrogens (tertiary/aromatic N) is 5. The number of benzene rings is 1. The van der Waals surface area contributed by atoms with Crippen molar-refractivity contribution >= 4 is 17.4 Å². The van der Waals surface area contributed by atoms with E-state index in [9.17, 15) is 4.79 Å². The Morgan fingerprint density at radius 3 is 2.58 bits per heavy atom. The van der Waals surface area contributed by atoms with Gasteiger partial charge >= 0.3 is 0 Å². The number of nitriles is 1. The number of nitrogens with one attached hydrogen (secondary N) is 2. The lowest BCUT2D eigenvalue weighted by Crippen LogP contribution is -2.47. The number of hydrogen-bond donors (Lipinski definition) is 2. The molecule has 1 aromatic carbocycles. The molecule has 1 aromatic heterocycles. The van der Waals surface area contributed by atoms with E-state index in [0.29, 0.717) is 23.8 Å². The Kier molecular flexibility index (Phi) is 8.98. The van der Waals surface area contributed by atoms with Crippen LogP contribution >= 0.6 is 0 Å². The van der Waals surface area contributed by atoms with Gasteiger partial charge < -0.3 is 20.3 Å². The number of hydrogen-bond acceptors (Lipinski definition) is 8. The molecule has 33 heavy (non-hydrogen) atoms. The highest BCUT2D eigenvalue weighted by atomic mass is 16.5. The summed E-state index contributed by atoms with van der Waals surface area (Å²) < 4.78 is 5.16.